The first-order valence-electron chi connectivity index (χ1n) is 5.28. The number of halogens is 1. The van der Waals surface area contributed by atoms with E-state index >= 15 is 0 Å². The molecule has 0 bridgehead atoms. The van der Waals surface area contributed by atoms with E-state index in [2.05, 4.69) is 4.98 Å². The maximum absolute atomic E-state index is 10.6. The second-order valence-corrected chi connectivity index (χ2v) is 4.07. The first-order chi connectivity index (χ1) is 9.47. The molecule has 102 valence electrons. The zero-order valence-corrected chi connectivity index (χ0v) is 10.6. The summed E-state index contributed by atoms with van der Waals surface area (Å²) in [4.78, 5) is 24.3. The highest BCUT2D eigenvalue weighted by atomic mass is 35.5. The number of carboxylic acid groups (broad SMARTS) is 1. The van der Waals surface area contributed by atoms with E-state index in [1.165, 1.54) is 30.5 Å². The smallest absolute Gasteiger partial charge is 0.354 e. The summed E-state index contributed by atoms with van der Waals surface area (Å²) in [6, 6.07) is 6.45. The van der Waals surface area contributed by atoms with Crippen LogP contribution in [0.2, 0.25) is 5.02 Å². The molecule has 0 fully saturated rings. The van der Waals surface area contributed by atoms with Crippen LogP contribution in [0.4, 0.5) is 5.69 Å². The zero-order chi connectivity index (χ0) is 14.7. The minimum absolute atomic E-state index is 0.0708. The van der Waals surface area contributed by atoms with Crippen LogP contribution in [-0.2, 0) is 0 Å². The third-order valence-corrected chi connectivity index (χ3v) is 2.60. The Morgan fingerprint density at radius 2 is 2.10 bits per heavy atom. The minimum Gasteiger partial charge on any atom is -0.477 e. The molecule has 1 N–H and O–H groups in total. The standard InChI is InChI=1S/C12H7ClN2O5/c13-9-5-7(15(18)19)1-4-11(9)20-8-2-3-10(12(16)17)14-6-8/h1-6H,(H,16,17). The highest BCUT2D eigenvalue weighted by Gasteiger charge is 2.11. The van der Waals surface area contributed by atoms with Gasteiger partial charge in [-0.2, -0.15) is 0 Å². The van der Waals surface area contributed by atoms with Crippen molar-refractivity contribution in [3.05, 3.63) is 57.4 Å². The molecule has 0 spiro atoms. The molecule has 0 aliphatic carbocycles. The third kappa shape index (κ3) is 3.01. The first kappa shape index (κ1) is 13.8. The summed E-state index contributed by atoms with van der Waals surface area (Å²) in [7, 11) is 0. The molecule has 0 radical (unpaired) electrons. The maximum Gasteiger partial charge on any atom is 0.354 e. The number of nitrogens with zero attached hydrogens (tertiary/aromatic N) is 2. The molecule has 0 aliphatic rings. The Balaban J connectivity index is 2.21. The topological polar surface area (TPSA) is 103 Å². The van der Waals surface area contributed by atoms with Crippen LogP contribution >= 0.6 is 11.6 Å². The molecule has 2 rings (SSSR count). The normalized spacial score (nSPS) is 10.1. The van der Waals surface area contributed by atoms with Crippen molar-refractivity contribution in [2.24, 2.45) is 0 Å². The molecule has 0 atom stereocenters. The van der Waals surface area contributed by atoms with E-state index in [9.17, 15) is 14.9 Å². The van der Waals surface area contributed by atoms with Crippen LogP contribution in [0, 0.1) is 10.1 Å². The van der Waals surface area contributed by atoms with E-state index in [0.29, 0.717) is 0 Å². The van der Waals surface area contributed by atoms with Crippen molar-refractivity contribution in [2.45, 2.75) is 0 Å². The van der Waals surface area contributed by atoms with Gasteiger partial charge in [-0.25, -0.2) is 9.78 Å². The summed E-state index contributed by atoms with van der Waals surface area (Å²) in [5, 5.41) is 19.3. The number of benzene rings is 1. The lowest BCUT2D eigenvalue weighted by molar-refractivity contribution is -0.384. The SMILES string of the molecule is O=C(O)c1ccc(Oc2ccc([N+](=O)[O-])cc2Cl)cn1. The number of nitro benzene ring substituents is 1. The van der Waals surface area contributed by atoms with E-state index in [0.717, 1.165) is 6.07 Å². The summed E-state index contributed by atoms with van der Waals surface area (Å²) in [6.45, 7) is 0. The fourth-order valence-corrected chi connectivity index (χ4v) is 1.59. The van der Waals surface area contributed by atoms with Gasteiger partial charge in [0.05, 0.1) is 16.1 Å². The second-order valence-electron chi connectivity index (χ2n) is 3.66. The summed E-state index contributed by atoms with van der Waals surface area (Å²) in [5.41, 5.74) is -0.270. The van der Waals surface area contributed by atoms with E-state index in [1.807, 2.05) is 0 Å². The van der Waals surface area contributed by atoms with Crippen LogP contribution in [0.25, 0.3) is 0 Å². The van der Waals surface area contributed by atoms with Gasteiger partial charge < -0.3 is 9.84 Å². The number of hydrogen-bond acceptors (Lipinski definition) is 5. The summed E-state index contributed by atoms with van der Waals surface area (Å²) < 4.78 is 5.37. The highest BCUT2D eigenvalue weighted by molar-refractivity contribution is 6.32. The van der Waals surface area contributed by atoms with Gasteiger partial charge in [0.25, 0.3) is 5.69 Å². The van der Waals surface area contributed by atoms with Gasteiger partial charge in [0.2, 0.25) is 0 Å². The molecule has 1 aromatic heterocycles. The van der Waals surface area contributed by atoms with Gasteiger partial charge in [0.15, 0.2) is 0 Å². The van der Waals surface area contributed by atoms with Gasteiger partial charge in [-0.1, -0.05) is 11.6 Å². The number of carboxylic acids is 1. The van der Waals surface area contributed by atoms with Gasteiger partial charge in [0.1, 0.15) is 17.2 Å². The molecule has 20 heavy (non-hydrogen) atoms. The molecular formula is C12H7ClN2O5. The zero-order valence-electron chi connectivity index (χ0n) is 9.82. The molecule has 0 saturated carbocycles. The predicted molar refractivity (Wildman–Crippen MR) is 69.4 cm³/mol. The lowest BCUT2D eigenvalue weighted by atomic mass is 10.3. The Kier molecular flexibility index (Phi) is 3.81. The molecule has 0 unspecified atom stereocenters. The van der Waals surface area contributed by atoms with Crippen LogP contribution in [0.5, 0.6) is 11.5 Å². The molecule has 8 heteroatoms. The van der Waals surface area contributed by atoms with Crippen molar-refractivity contribution in [3.63, 3.8) is 0 Å². The number of ether oxygens (including phenoxy) is 1. The fraction of sp³-hybridized carbons (Fsp3) is 0. The van der Waals surface area contributed by atoms with Gasteiger partial charge in [-0.05, 0) is 18.2 Å². The van der Waals surface area contributed by atoms with Crippen molar-refractivity contribution in [1.29, 1.82) is 0 Å². The Labute approximate surface area is 117 Å². The second kappa shape index (κ2) is 5.54. The molecule has 0 saturated heterocycles. The number of non-ortho nitro benzene ring substituents is 1. The number of carbonyl (C=O) groups is 1. The minimum atomic E-state index is -1.15. The molecule has 7 nitrogen and oxygen atoms in total. The van der Waals surface area contributed by atoms with Gasteiger partial charge in [-0.3, -0.25) is 10.1 Å². The van der Waals surface area contributed by atoms with Crippen molar-refractivity contribution < 1.29 is 19.6 Å². The Morgan fingerprint density at radius 1 is 1.35 bits per heavy atom. The van der Waals surface area contributed by atoms with Crippen LogP contribution < -0.4 is 4.74 Å². The number of aromatic carboxylic acids is 1. The third-order valence-electron chi connectivity index (χ3n) is 2.31. The Morgan fingerprint density at radius 3 is 2.60 bits per heavy atom. The number of nitro groups is 1. The van der Waals surface area contributed by atoms with Crippen molar-refractivity contribution in [2.75, 3.05) is 0 Å². The number of rotatable bonds is 4. The fourth-order valence-electron chi connectivity index (χ4n) is 1.38. The quantitative estimate of drug-likeness (QED) is 0.686. The summed E-state index contributed by atoms with van der Waals surface area (Å²) in [5.74, 6) is -0.669. The number of hydrogen-bond donors (Lipinski definition) is 1. The first-order valence-corrected chi connectivity index (χ1v) is 5.66. The average Bonchev–Trinajstić information content (AvgIpc) is 2.41. The van der Waals surface area contributed by atoms with Gasteiger partial charge >= 0.3 is 5.97 Å². The van der Waals surface area contributed by atoms with Gasteiger partial charge in [-0.15, -0.1) is 0 Å². The van der Waals surface area contributed by atoms with Crippen LogP contribution in [0.15, 0.2) is 36.5 Å². The maximum atomic E-state index is 10.6. The molecular weight excluding hydrogens is 288 g/mol. The highest BCUT2D eigenvalue weighted by Crippen LogP contribution is 2.32. The number of aromatic nitrogens is 1. The number of pyridine rings is 1. The largest absolute Gasteiger partial charge is 0.477 e. The molecule has 0 aliphatic heterocycles. The average molecular weight is 295 g/mol. The van der Waals surface area contributed by atoms with Crippen molar-refractivity contribution in [1.82, 2.24) is 4.98 Å². The molecule has 1 aromatic carbocycles. The van der Waals surface area contributed by atoms with E-state index in [4.69, 9.17) is 21.4 Å². The lowest BCUT2D eigenvalue weighted by Gasteiger charge is -2.07. The Bertz CT molecular complexity index is 672. The predicted octanol–water partition coefficient (Wildman–Crippen LogP) is 3.13. The van der Waals surface area contributed by atoms with Crippen LogP contribution in [0.1, 0.15) is 10.5 Å². The van der Waals surface area contributed by atoms with Crippen molar-refractivity contribution >= 4 is 23.3 Å². The monoisotopic (exact) mass is 294 g/mol. The van der Waals surface area contributed by atoms with Crippen molar-refractivity contribution in [3.8, 4) is 11.5 Å². The molecule has 1 heterocycles. The van der Waals surface area contributed by atoms with Crippen LogP contribution in [0.3, 0.4) is 0 Å². The van der Waals surface area contributed by atoms with E-state index < -0.39 is 10.9 Å². The lowest BCUT2D eigenvalue weighted by Crippen LogP contribution is -1.99. The molecule has 0 amide bonds. The van der Waals surface area contributed by atoms with Gasteiger partial charge in [0, 0.05) is 12.1 Å². The Hall–Kier alpha value is -2.67. The van der Waals surface area contributed by atoms with Crippen LogP contribution in [-0.4, -0.2) is 21.0 Å². The van der Waals surface area contributed by atoms with E-state index in [-0.39, 0.29) is 27.9 Å². The summed E-state index contributed by atoms with van der Waals surface area (Å²) >= 11 is 5.86. The summed E-state index contributed by atoms with van der Waals surface area (Å²) in [6.07, 6.45) is 1.22. The van der Waals surface area contributed by atoms with E-state index in [1.54, 1.807) is 0 Å². The molecule has 2 aromatic rings.